The van der Waals surface area contributed by atoms with Crippen LogP contribution >= 0.6 is 0 Å². The average molecular weight is 459 g/mol. The maximum atomic E-state index is 13.0. The molecule has 1 aliphatic rings. The van der Waals surface area contributed by atoms with E-state index >= 15 is 0 Å². The van der Waals surface area contributed by atoms with Crippen molar-refractivity contribution in [3.05, 3.63) is 90.0 Å². The lowest BCUT2D eigenvalue weighted by molar-refractivity contribution is -0.120. The molecule has 0 fully saturated rings. The molecule has 0 radical (unpaired) electrons. The van der Waals surface area contributed by atoms with Gasteiger partial charge in [-0.3, -0.25) is 4.79 Å². The summed E-state index contributed by atoms with van der Waals surface area (Å²) in [6, 6.07) is 24.8. The number of hydrogen-bond acceptors (Lipinski definition) is 5. The van der Waals surface area contributed by atoms with Gasteiger partial charge in [0, 0.05) is 25.2 Å². The number of ether oxygens (including phenoxy) is 2. The highest BCUT2D eigenvalue weighted by molar-refractivity contribution is 5.92. The molecule has 3 aromatic rings. The molecule has 4 rings (SSSR count). The van der Waals surface area contributed by atoms with E-state index in [4.69, 9.17) is 9.47 Å². The minimum absolute atomic E-state index is 0.0348. The molecule has 1 amide bonds. The number of nitrogens with zero attached hydrogens (tertiary/aromatic N) is 1. The van der Waals surface area contributed by atoms with Gasteiger partial charge in [0.1, 0.15) is 23.1 Å². The van der Waals surface area contributed by atoms with E-state index in [0.717, 1.165) is 28.3 Å². The minimum Gasteiger partial charge on any atom is -0.457 e. The van der Waals surface area contributed by atoms with Crippen LogP contribution in [0, 0.1) is 0 Å². The number of ketones is 1. The monoisotopic (exact) mass is 458 g/mol. The summed E-state index contributed by atoms with van der Waals surface area (Å²) in [5.41, 5.74) is 2.38. The third-order valence-electron chi connectivity index (χ3n) is 5.46. The van der Waals surface area contributed by atoms with Gasteiger partial charge in [0.05, 0.1) is 0 Å². The first-order valence-electron chi connectivity index (χ1n) is 11.4. The first-order valence-corrected chi connectivity index (χ1v) is 11.4. The maximum absolute atomic E-state index is 13.0. The SMILES string of the molecule is CC(C)(C)OC(=O)NC1CN(Cc2ccc(Oc3ccccc3)cc2)c2ccccc2CC1=O. The Morgan fingerprint density at radius 2 is 1.59 bits per heavy atom. The van der Waals surface area contributed by atoms with E-state index in [1.807, 2.05) is 78.9 Å². The van der Waals surface area contributed by atoms with Gasteiger partial charge >= 0.3 is 6.09 Å². The number of nitrogens with one attached hydrogen (secondary N) is 1. The first-order chi connectivity index (χ1) is 16.3. The molecule has 0 saturated carbocycles. The second kappa shape index (κ2) is 10.00. The fraction of sp³-hybridized carbons (Fsp3) is 0.286. The third kappa shape index (κ3) is 6.16. The number of fused-ring (bicyclic) bond motifs is 1. The summed E-state index contributed by atoms with van der Waals surface area (Å²) in [6.45, 7) is 6.35. The predicted octanol–water partition coefficient (Wildman–Crippen LogP) is 5.50. The molecule has 34 heavy (non-hydrogen) atoms. The molecule has 0 saturated heterocycles. The highest BCUT2D eigenvalue weighted by Gasteiger charge is 2.30. The number of para-hydroxylation sites is 2. The summed E-state index contributed by atoms with van der Waals surface area (Å²) in [5, 5.41) is 2.78. The van der Waals surface area contributed by atoms with Crippen LogP contribution in [0.3, 0.4) is 0 Å². The van der Waals surface area contributed by atoms with Gasteiger partial charge in [-0.1, -0.05) is 48.5 Å². The van der Waals surface area contributed by atoms with Gasteiger partial charge in [0.2, 0.25) is 0 Å². The maximum Gasteiger partial charge on any atom is 0.408 e. The number of benzene rings is 3. The van der Waals surface area contributed by atoms with E-state index in [0.29, 0.717) is 13.1 Å². The van der Waals surface area contributed by atoms with Crippen molar-refractivity contribution in [3.63, 3.8) is 0 Å². The number of alkyl carbamates (subject to hydrolysis) is 1. The van der Waals surface area contributed by atoms with Crippen LogP contribution in [0.25, 0.3) is 0 Å². The van der Waals surface area contributed by atoms with E-state index in [9.17, 15) is 9.59 Å². The fourth-order valence-electron chi connectivity index (χ4n) is 3.93. The lowest BCUT2D eigenvalue weighted by atomic mass is 10.0. The summed E-state index contributed by atoms with van der Waals surface area (Å²) < 4.78 is 11.3. The normalized spacial score (nSPS) is 15.8. The third-order valence-corrected chi connectivity index (χ3v) is 5.46. The quantitative estimate of drug-likeness (QED) is 0.547. The molecular weight excluding hydrogens is 428 g/mol. The summed E-state index contributed by atoms with van der Waals surface area (Å²) in [7, 11) is 0. The Labute approximate surface area is 200 Å². The smallest absolute Gasteiger partial charge is 0.408 e. The van der Waals surface area contributed by atoms with E-state index in [2.05, 4.69) is 10.2 Å². The average Bonchev–Trinajstić information content (AvgIpc) is 2.91. The minimum atomic E-state index is -0.664. The number of rotatable bonds is 5. The molecule has 3 aromatic carbocycles. The van der Waals surface area contributed by atoms with E-state index in [1.165, 1.54) is 0 Å². The van der Waals surface area contributed by atoms with Crippen LogP contribution in [0.5, 0.6) is 11.5 Å². The molecular formula is C28H30N2O4. The van der Waals surface area contributed by atoms with Crippen molar-refractivity contribution in [2.24, 2.45) is 0 Å². The van der Waals surface area contributed by atoms with Gasteiger partial charge in [0.15, 0.2) is 5.78 Å². The molecule has 0 bridgehead atoms. The molecule has 0 aromatic heterocycles. The summed E-state index contributed by atoms with van der Waals surface area (Å²) in [4.78, 5) is 27.5. The Balaban J connectivity index is 1.51. The van der Waals surface area contributed by atoms with Crippen molar-refractivity contribution in [2.75, 3.05) is 11.4 Å². The van der Waals surface area contributed by atoms with Gasteiger partial charge in [-0.05, 0) is 62.2 Å². The molecule has 176 valence electrons. The number of anilines is 1. The highest BCUT2D eigenvalue weighted by atomic mass is 16.6. The summed E-state index contributed by atoms with van der Waals surface area (Å²) in [6.07, 6.45) is -0.323. The first kappa shape index (κ1) is 23.4. The lowest BCUT2D eigenvalue weighted by Crippen LogP contribution is -2.49. The number of amides is 1. The van der Waals surface area contributed by atoms with Gasteiger partial charge in [-0.15, -0.1) is 0 Å². The number of hydrogen-bond donors (Lipinski definition) is 1. The van der Waals surface area contributed by atoms with Crippen LogP contribution in [0.4, 0.5) is 10.5 Å². The standard InChI is InChI=1S/C28H30N2O4/c1-28(2,3)34-27(32)29-24-19-30(25-12-8-7-9-21(25)17-26(24)31)18-20-13-15-23(16-14-20)33-22-10-5-4-6-11-22/h4-16,24H,17-19H2,1-3H3,(H,29,32). The van der Waals surface area contributed by atoms with Crippen molar-refractivity contribution in [1.82, 2.24) is 5.32 Å². The van der Waals surface area contributed by atoms with Crippen LogP contribution < -0.4 is 15.0 Å². The van der Waals surface area contributed by atoms with Crippen molar-refractivity contribution < 1.29 is 19.1 Å². The predicted molar refractivity (Wildman–Crippen MR) is 132 cm³/mol. The van der Waals surface area contributed by atoms with Gasteiger partial charge in [0.25, 0.3) is 0 Å². The van der Waals surface area contributed by atoms with Crippen molar-refractivity contribution in [1.29, 1.82) is 0 Å². The Morgan fingerprint density at radius 3 is 2.29 bits per heavy atom. The molecule has 6 nitrogen and oxygen atoms in total. The number of Topliss-reactive ketones (excluding diaryl/α,β-unsaturated/α-hetero) is 1. The summed E-state index contributed by atoms with van der Waals surface area (Å²) >= 11 is 0. The molecule has 1 heterocycles. The molecule has 1 aliphatic heterocycles. The zero-order valence-corrected chi connectivity index (χ0v) is 19.8. The molecule has 1 N–H and O–H groups in total. The second-order valence-corrected chi connectivity index (χ2v) is 9.41. The van der Waals surface area contributed by atoms with E-state index in [-0.39, 0.29) is 12.2 Å². The van der Waals surface area contributed by atoms with Crippen molar-refractivity contribution in [2.45, 2.75) is 45.4 Å². The Morgan fingerprint density at radius 1 is 0.941 bits per heavy atom. The lowest BCUT2D eigenvalue weighted by Gasteiger charge is -2.28. The fourth-order valence-corrected chi connectivity index (χ4v) is 3.93. The zero-order valence-electron chi connectivity index (χ0n) is 19.8. The van der Waals surface area contributed by atoms with Gasteiger partial charge in [-0.2, -0.15) is 0 Å². The van der Waals surface area contributed by atoms with Crippen molar-refractivity contribution in [3.8, 4) is 11.5 Å². The highest BCUT2D eigenvalue weighted by Crippen LogP contribution is 2.28. The second-order valence-electron chi connectivity index (χ2n) is 9.41. The zero-order chi connectivity index (χ0) is 24.1. The number of carbonyl (C=O) groups is 2. The van der Waals surface area contributed by atoms with Crippen LogP contribution in [-0.2, 0) is 22.5 Å². The van der Waals surface area contributed by atoms with E-state index < -0.39 is 17.7 Å². The Kier molecular flexibility index (Phi) is 6.87. The Hall–Kier alpha value is -3.80. The van der Waals surface area contributed by atoms with Gasteiger partial charge < -0.3 is 19.7 Å². The molecule has 0 spiro atoms. The van der Waals surface area contributed by atoms with Crippen molar-refractivity contribution >= 4 is 17.6 Å². The molecule has 1 atom stereocenters. The topological polar surface area (TPSA) is 67.9 Å². The Bertz CT molecular complexity index is 1140. The molecule has 1 unspecified atom stereocenters. The number of carbonyl (C=O) groups excluding carboxylic acids is 2. The van der Waals surface area contributed by atoms with Gasteiger partial charge in [-0.25, -0.2) is 4.79 Å². The largest absolute Gasteiger partial charge is 0.457 e. The molecule has 6 heteroatoms. The molecule has 0 aliphatic carbocycles. The van der Waals surface area contributed by atoms with E-state index in [1.54, 1.807) is 20.8 Å². The van der Waals surface area contributed by atoms with Crippen LogP contribution in [0.1, 0.15) is 31.9 Å². The van der Waals surface area contributed by atoms with Crippen LogP contribution in [0.2, 0.25) is 0 Å². The van der Waals surface area contributed by atoms with Crippen LogP contribution in [0.15, 0.2) is 78.9 Å². The van der Waals surface area contributed by atoms with Crippen LogP contribution in [-0.4, -0.2) is 30.1 Å². The summed E-state index contributed by atoms with van der Waals surface area (Å²) in [5.74, 6) is 1.50.